The van der Waals surface area contributed by atoms with E-state index in [0.29, 0.717) is 0 Å². The van der Waals surface area contributed by atoms with Crippen LogP contribution in [0, 0.1) is 0 Å². The normalized spacial score (nSPS) is 21.6. The molecule has 1 heterocycles. The smallest absolute Gasteiger partial charge is 0.307 e. The summed E-state index contributed by atoms with van der Waals surface area (Å²) in [6.45, 7) is 0.779. The van der Waals surface area contributed by atoms with Crippen LogP contribution < -0.4 is 5.32 Å². The van der Waals surface area contributed by atoms with Crippen LogP contribution in [0.2, 0.25) is 0 Å². The number of halogens is 3. The first-order chi connectivity index (χ1) is 6.07. The third-order valence-corrected chi connectivity index (χ3v) is 2.02. The van der Waals surface area contributed by atoms with Gasteiger partial charge in [0.15, 0.2) is 0 Å². The first kappa shape index (κ1) is 8.56. The van der Waals surface area contributed by atoms with Crippen molar-refractivity contribution in [1.82, 2.24) is 5.32 Å². The van der Waals surface area contributed by atoms with E-state index >= 15 is 0 Å². The fourth-order valence-corrected chi connectivity index (χ4v) is 1.23. The van der Waals surface area contributed by atoms with Gasteiger partial charge in [0.2, 0.25) is 0 Å². The second kappa shape index (κ2) is 2.73. The van der Waals surface area contributed by atoms with E-state index in [1.807, 2.05) is 0 Å². The Morgan fingerprint density at radius 3 is 2.54 bits per heavy atom. The van der Waals surface area contributed by atoms with E-state index < -0.39 is 11.7 Å². The third-order valence-electron chi connectivity index (χ3n) is 2.02. The molecular formula is C9H8F3N. The summed E-state index contributed by atoms with van der Waals surface area (Å²) in [6, 6.07) is 5.57. The van der Waals surface area contributed by atoms with Crippen molar-refractivity contribution in [2.75, 3.05) is 6.54 Å². The minimum Gasteiger partial charge on any atom is -0.307 e. The molecular weight excluding hydrogens is 179 g/mol. The molecule has 1 aliphatic rings. The summed E-state index contributed by atoms with van der Waals surface area (Å²) in [5.41, 5.74) is 0.147. The van der Waals surface area contributed by atoms with Crippen LogP contribution in [-0.4, -0.2) is 6.54 Å². The van der Waals surface area contributed by atoms with Crippen LogP contribution in [0.15, 0.2) is 24.3 Å². The van der Waals surface area contributed by atoms with Crippen LogP contribution in [0.1, 0.15) is 17.2 Å². The molecule has 0 aliphatic carbocycles. The quantitative estimate of drug-likeness (QED) is 0.669. The molecule has 0 aromatic heterocycles. The molecule has 1 atom stereocenters. The predicted molar refractivity (Wildman–Crippen MR) is 42.2 cm³/mol. The fraction of sp³-hybridized carbons (Fsp3) is 0.333. The van der Waals surface area contributed by atoms with Gasteiger partial charge >= 0.3 is 6.18 Å². The standard InChI is InChI=1S/C9H8F3N/c10-9(11,12)7-3-1-2-6(4-7)8-5-13-8/h1-4,8,13H,5H2/t8-/m1/s1. The average molecular weight is 187 g/mol. The topological polar surface area (TPSA) is 21.9 Å². The van der Waals surface area contributed by atoms with E-state index in [2.05, 4.69) is 5.32 Å². The van der Waals surface area contributed by atoms with Gasteiger partial charge in [-0.25, -0.2) is 0 Å². The molecule has 1 aromatic rings. The number of nitrogens with one attached hydrogen (secondary N) is 1. The van der Waals surface area contributed by atoms with Crippen molar-refractivity contribution < 1.29 is 13.2 Å². The number of hydrogen-bond donors (Lipinski definition) is 1. The molecule has 4 heteroatoms. The maximum Gasteiger partial charge on any atom is 0.416 e. The second-order valence-corrected chi connectivity index (χ2v) is 3.08. The Morgan fingerprint density at radius 2 is 2.00 bits per heavy atom. The Labute approximate surface area is 73.6 Å². The first-order valence-electron chi connectivity index (χ1n) is 3.98. The van der Waals surface area contributed by atoms with E-state index in [1.165, 1.54) is 12.1 Å². The molecule has 1 saturated heterocycles. The monoisotopic (exact) mass is 187 g/mol. The summed E-state index contributed by atoms with van der Waals surface area (Å²) in [5, 5.41) is 2.96. The zero-order valence-electron chi connectivity index (χ0n) is 6.73. The molecule has 1 N–H and O–H groups in total. The van der Waals surface area contributed by atoms with Gasteiger partial charge in [0.1, 0.15) is 0 Å². The molecule has 0 unspecified atom stereocenters. The van der Waals surface area contributed by atoms with Crippen LogP contribution in [0.25, 0.3) is 0 Å². The minimum absolute atomic E-state index is 0.127. The van der Waals surface area contributed by atoms with Gasteiger partial charge in [-0.05, 0) is 17.7 Å². The Morgan fingerprint density at radius 1 is 1.31 bits per heavy atom. The number of benzene rings is 1. The van der Waals surface area contributed by atoms with E-state index in [-0.39, 0.29) is 6.04 Å². The van der Waals surface area contributed by atoms with Crippen LogP contribution in [0.5, 0.6) is 0 Å². The number of alkyl halides is 3. The fourth-order valence-electron chi connectivity index (χ4n) is 1.23. The molecule has 13 heavy (non-hydrogen) atoms. The number of hydrogen-bond acceptors (Lipinski definition) is 1. The first-order valence-corrected chi connectivity index (χ1v) is 3.98. The highest BCUT2D eigenvalue weighted by Crippen LogP contribution is 2.32. The lowest BCUT2D eigenvalue weighted by atomic mass is 10.1. The van der Waals surface area contributed by atoms with Gasteiger partial charge in [-0.15, -0.1) is 0 Å². The Bertz CT molecular complexity index is 315. The maximum atomic E-state index is 12.2. The molecule has 0 radical (unpaired) electrons. The second-order valence-electron chi connectivity index (χ2n) is 3.08. The highest BCUT2D eigenvalue weighted by atomic mass is 19.4. The highest BCUT2D eigenvalue weighted by Gasteiger charge is 2.32. The lowest BCUT2D eigenvalue weighted by Gasteiger charge is -2.07. The van der Waals surface area contributed by atoms with Gasteiger partial charge < -0.3 is 5.32 Å². The SMILES string of the molecule is FC(F)(F)c1cccc([C@H]2CN2)c1. The molecule has 0 spiro atoms. The molecule has 0 bridgehead atoms. The van der Waals surface area contributed by atoms with Gasteiger partial charge in [0.05, 0.1) is 5.56 Å². The third kappa shape index (κ3) is 1.83. The van der Waals surface area contributed by atoms with E-state index in [1.54, 1.807) is 6.07 Å². The van der Waals surface area contributed by atoms with Crippen LogP contribution >= 0.6 is 0 Å². The van der Waals surface area contributed by atoms with Crippen LogP contribution in [0.4, 0.5) is 13.2 Å². The zero-order valence-corrected chi connectivity index (χ0v) is 6.73. The molecule has 0 saturated carbocycles. The van der Waals surface area contributed by atoms with E-state index in [4.69, 9.17) is 0 Å². The van der Waals surface area contributed by atoms with Crippen molar-refractivity contribution in [3.05, 3.63) is 35.4 Å². The molecule has 1 aromatic carbocycles. The summed E-state index contributed by atoms with van der Waals surface area (Å²) in [4.78, 5) is 0. The van der Waals surface area contributed by atoms with Crippen molar-refractivity contribution in [3.63, 3.8) is 0 Å². The Hall–Kier alpha value is -1.03. The van der Waals surface area contributed by atoms with Gasteiger partial charge in [-0.1, -0.05) is 12.1 Å². The predicted octanol–water partition coefficient (Wildman–Crippen LogP) is 2.35. The lowest BCUT2D eigenvalue weighted by Crippen LogP contribution is -2.05. The van der Waals surface area contributed by atoms with Gasteiger partial charge in [0, 0.05) is 12.6 Å². The van der Waals surface area contributed by atoms with Crippen LogP contribution in [-0.2, 0) is 6.18 Å². The summed E-state index contributed by atoms with van der Waals surface area (Å²) in [6.07, 6.45) is -4.23. The van der Waals surface area contributed by atoms with Crippen molar-refractivity contribution in [2.24, 2.45) is 0 Å². The molecule has 1 nitrogen and oxygen atoms in total. The van der Waals surface area contributed by atoms with Crippen molar-refractivity contribution >= 4 is 0 Å². The van der Waals surface area contributed by atoms with E-state index in [9.17, 15) is 13.2 Å². The summed E-state index contributed by atoms with van der Waals surface area (Å²) in [7, 11) is 0. The van der Waals surface area contributed by atoms with E-state index in [0.717, 1.165) is 18.2 Å². The Balaban J connectivity index is 2.32. The maximum absolute atomic E-state index is 12.2. The van der Waals surface area contributed by atoms with Crippen molar-refractivity contribution in [1.29, 1.82) is 0 Å². The number of rotatable bonds is 1. The summed E-state index contributed by atoms with van der Waals surface area (Å²) < 4.78 is 36.7. The lowest BCUT2D eigenvalue weighted by molar-refractivity contribution is -0.137. The Kier molecular flexibility index (Phi) is 1.80. The molecule has 70 valence electrons. The average Bonchev–Trinajstić information content (AvgIpc) is 2.85. The largest absolute Gasteiger partial charge is 0.416 e. The molecule has 2 rings (SSSR count). The van der Waals surface area contributed by atoms with Crippen LogP contribution in [0.3, 0.4) is 0 Å². The summed E-state index contributed by atoms with van der Waals surface area (Å²) in [5.74, 6) is 0. The van der Waals surface area contributed by atoms with Crippen molar-refractivity contribution in [3.8, 4) is 0 Å². The highest BCUT2D eigenvalue weighted by molar-refractivity contribution is 5.30. The van der Waals surface area contributed by atoms with Crippen molar-refractivity contribution in [2.45, 2.75) is 12.2 Å². The molecule has 1 fully saturated rings. The minimum atomic E-state index is -4.23. The van der Waals surface area contributed by atoms with Gasteiger partial charge in [0.25, 0.3) is 0 Å². The zero-order chi connectivity index (χ0) is 9.47. The van der Waals surface area contributed by atoms with Gasteiger partial charge in [-0.2, -0.15) is 13.2 Å². The van der Waals surface area contributed by atoms with Gasteiger partial charge in [-0.3, -0.25) is 0 Å². The summed E-state index contributed by atoms with van der Waals surface area (Å²) >= 11 is 0. The molecule has 0 amide bonds. The molecule has 1 aliphatic heterocycles.